The van der Waals surface area contributed by atoms with Gasteiger partial charge in [-0.1, -0.05) is 24.3 Å². The number of aryl methyl sites for hydroxylation is 1. The lowest BCUT2D eigenvalue weighted by Gasteiger charge is -2.19. The van der Waals surface area contributed by atoms with E-state index in [0.29, 0.717) is 49.8 Å². The number of halogens is 5. The Morgan fingerprint density at radius 1 is 1.12 bits per heavy atom. The zero-order valence-corrected chi connectivity index (χ0v) is 24.1. The third-order valence-electron chi connectivity index (χ3n) is 7.90. The molecule has 1 fully saturated rings. The first-order valence-corrected chi connectivity index (χ1v) is 14.7. The Morgan fingerprint density at radius 2 is 1.98 bits per heavy atom. The van der Waals surface area contributed by atoms with Crippen LogP contribution in [-0.4, -0.2) is 48.9 Å². The molecular weight excluding hydrogens is 567 g/mol. The molecule has 43 heavy (non-hydrogen) atoms. The molecule has 2 aromatic rings. The maximum atomic E-state index is 14.1. The van der Waals surface area contributed by atoms with E-state index < -0.39 is 17.6 Å². The number of likely N-dealkylation sites (tertiary alicyclic amines) is 1. The second-order valence-corrected chi connectivity index (χ2v) is 10.8. The van der Waals surface area contributed by atoms with Crippen LogP contribution in [0.1, 0.15) is 61.3 Å². The number of hydrogen-bond donors (Lipinski definition) is 0. The molecule has 2 heterocycles. The van der Waals surface area contributed by atoms with E-state index in [-0.39, 0.29) is 25.1 Å². The molecule has 0 saturated carbocycles. The standard InChI is InChI=1S/C33H35F5N2O3/c1-2-41-32-30(33(35,36)37)19-24(20-39-32)28-9-4-7-23-18-26(43-38)12-13-29(23)31(28)22-6-3-8-25(11-10-22)42-27-14-17-40(21-27)16-5-15-34/h3,6,10-13,18-20,27H,2,4-5,7-9,14-17,21H2,1H3/t27-/m0/s1. The molecule has 5 rings (SSSR count). The number of alkyl halides is 4. The molecule has 0 bridgehead atoms. The predicted molar refractivity (Wildman–Crippen MR) is 155 cm³/mol. The minimum Gasteiger partial charge on any atom is -0.493 e. The van der Waals surface area contributed by atoms with Crippen LogP contribution in [-0.2, 0) is 17.3 Å². The van der Waals surface area contributed by atoms with E-state index in [0.717, 1.165) is 53.6 Å². The molecule has 1 atom stereocenters. The number of allylic oxidation sites excluding steroid dienone is 7. The fraction of sp³-hybridized carbons (Fsp3) is 0.424. The lowest BCUT2D eigenvalue weighted by Crippen LogP contribution is -2.24. The third kappa shape index (κ3) is 7.29. The lowest BCUT2D eigenvalue weighted by atomic mass is 9.87. The van der Waals surface area contributed by atoms with Crippen LogP contribution in [0.5, 0.6) is 11.6 Å². The van der Waals surface area contributed by atoms with Crippen molar-refractivity contribution in [3.63, 3.8) is 0 Å². The fourth-order valence-corrected chi connectivity index (χ4v) is 5.96. The van der Waals surface area contributed by atoms with Crippen LogP contribution in [0.15, 0.2) is 66.1 Å². The summed E-state index contributed by atoms with van der Waals surface area (Å²) in [5.41, 5.74) is 3.32. The molecule has 230 valence electrons. The van der Waals surface area contributed by atoms with Gasteiger partial charge in [0, 0.05) is 36.8 Å². The Balaban J connectivity index is 1.56. The average molecular weight is 603 g/mol. The van der Waals surface area contributed by atoms with E-state index in [1.807, 2.05) is 24.3 Å². The Morgan fingerprint density at radius 3 is 2.74 bits per heavy atom. The topological polar surface area (TPSA) is 43.8 Å². The molecule has 0 unspecified atom stereocenters. The number of nitrogens with zero attached hydrogens (tertiary/aromatic N) is 2. The molecule has 0 amide bonds. The van der Waals surface area contributed by atoms with E-state index in [1.165, 1.54) is 12.3 Å². The van der Waals surface area contributed by atoms with E-state index >= 15 is 0 Å². The van der Waals surface area contributed by atoms with Crippen LogP contribution >= 0.6 is 0 Å². The van der Waals surface area contributed by atoms with Crippen LogP contribution in [0, 0.1) is 0 Å². The molecule has 2 aliphatic carbocycles. The molecule has 5 nitrogen and oxygen atoms in total. The van der Waals surface area contributed by atoms with Gasteiger partial charge in [0.25, 0.3) is 0 Å². The number of benzene rings is 1. The van der Waals surface area contributed by atoms with Crippen molar-refractivity contribution in [3.05, 3.63) is 88.4 Å². The highest BCUT2D eigenvalue weighted by Gasteiger charge is 2.36. The minimum absolute atomic E-state index is 0.0115. The summed E-state index contributed by atoms with van der Waals surface area (Å²) in [5, 5.41) is 0. The van der Waals surface area contributed by atoms with Crippen molar-refractivity contribution in [1.82, 2.24) is 9.88 Å². The van der Waals surface area contributed by atoms with E-state index in [4.69, 9.17) is 9.47 Å². The van der Waals surface area contributed by atoms with Gasteiger partial charge in [0.15, 0.2) is 5.75 Å². The molecular formula is C33H35F5N2O3. The van der Waals surface area contributed by atoms with Crippen molar-refractivity contribution in [2.45, 2.75) is 57.7 Å². The second kappa shape index (κ2) is 13.8. The highest BCUT2D eigenvalue weighted by molar-refractivity contribution is 6.01. The van der Waals surface area contributed by atoms with Crippen LogP contribution in [0.25, 0.3) is 11.1 Å². The van der Waals surface area contributed by atoms with E-state index in [2.05, 4.69) is 14.8 Å². The zero-order chi connectivity index (χ0) is 30.4. The number of pyridine rings is 1. The summed E-state index contributed by atoms with van der Waals surface area (Å²) < 4.78 is 79.4. The number of ether oxygens (including phenoxy) is 2. The molecule has 0 N–H and O–H groups in total. The molecule has 1 saturated heterocycles. The van der Waals surface area contributed by atoms with Crippen LogP contribution < -0.4 is 9.68 Å². The summed E-state index contributed by atoms with van der Waals surface area (Å²) in [5.74, 6) is 0.401. The third-order valence-corrected chi connectivity index (χ3v) is 7.90. The van der Waals surface area contributed by atoms with Gasteiger partial charge in [0.2, 0.25) is 5.88 Å². The molecule has 1 aliphatic heterocycles. The van der Waals surface area contributed by atoms with Gasteiger partial charge in [-0.25, -0.2) is 4.98 Å². The van der Waals surface area contributed by atoms with Crippen LogP contribution in [0.2, 0.25) is 0 Å². The fourth-order valence-electron chi connectivity index (χ4n) is 5.96. The van der Waals surface area contributed by atoms with Gasteiger partial charge in [0.05, 0.1) is 13.3 Å². The lowest BCUT2D eigenvalue weighted by molar-refractivity contribution is -0.139. The molecule has 1 aromatic heterocycles. The minimum atomic E-state index is -4.65. The smallest absolute Gasteiger partial charge is 0.421 e. The number of aromatic nitrogens is 1. The summed E-state index contributed by atoms with van der Waals surface area (Å²) in [6.07, 6.45) is 8.18. The summed E-state index contributed by atoms with van der Waals surface area (Å²) in [6, 6.07) is 6.01. The van der Waals surface area contributed by atoms with Gasteiger partial charge in [-0.3, -0.25) is 14.2 Å². The zero-order valence-electron chi connectivity index (χ0n) is 24.1. The largest absolute Gasteiger partial charge is 0.493 e. The quantitative estimate of drug-likeness (QED) is 0.257. The van der Waals surface area contributed by atoms with Crippen molar-refractivity contribution in [1.29, 1.82) is 0 Å². The van der Waals surface area contributed by atoms with Crippen molar-refractivity contribution in [2.24, 2.45) is 0 Å². The van der Waals surface area contributed by atoms with Gasteiger partial charge >= 0.3 is 6.18 Å². The van der Waals surface area contributed by atoms with Gasteiger partial charge in [0.1, 0.15) is 17.4 Å². The van der Waals surface area contributed by atoms with E-state index in [1.54, 1.807) is 19.1 Å². The average Bonchev–Trinajstić information content (AvgIpc) is 3.19. The van der Waals surface area contributed by atoms with Crippen molar-refractivity contribution < 1.29 is 36.5 Å². The number of fused-ring (bicyclic) bond motifs is 1. The highest BCUT2D eigenvalue weighted by atomic mass is 19.4. The molecule has 0 radical (unpaired) electrons. The Hall–Kier alpha value is -3.66. The number of hydrogen-bond acceptors (Lipinski definition) is 5. The first kappa shape index (κ1) is 30.8. The first-order valence-electron chi connectivity index (χ1n) is 14.7. The molecule has 1 aromatic carbocycles. The Labute approximate surface area is 248 Å². The van der Waals surface area contributed by atoms with E-state index in [9.17, 15) is 22.1 Å². The Bertz CT molecular complexity index is 1430. The van der Waals surface area contributed by atoms with Gasteiger partial charge in [-0.15, -0.1) is 0 Å². The maximum Gasteiger partial charge on any atom is 0.421 e. The maximum absolute atomic E-state index is 14.1. The van der Waals surface area contributed by atoms with Crippen LogP contribution in [0.3, 0.4) is 0 Å². The summed E-state index contributed by atoms with van der Waals surface area (Å²) in [4.78, 5) is 10.3. The Kier molecular flexibility index (Phi) is 9.85. The second-order valence-electron chi connectivity index (χ2n) is 10.8. The SMILES string of the molecule is CCOc1ncc(C2=C(C3=CC=C(O[C@H]4CCN(CCCF)C4)CC=C3)c3ccc(OF)cc3CCC2)cc1C(F)(F)F. The summed E-state index contributed by atoms with van der Waals surface area (Å²) >= 11 is 0. The first-order chi connectivity index (χ1) is 20.8. The van der Waals surface area contributed by atoms with Crippen LogP contribution in [0.4, 0.5) is 22.1 Å². The van der Waals surface area contributed by atoms with Gasteiger partial charge in [-0.2, -0.15) is 13.2 Å². The predicted octanol–water partition coefficient (Wildman–Crippen LogP) is 8.23. The van der Waals surface area contributed by atoms with Crippen molar-refractivity contribution >= 4 is 11.1 Å². The van der Waals surface area contributed by atoms with Crippen molar-refractivity contribution in [2.75, 3.05) is 32.9 Å². The van der Waals surface area contributed by atoms with Gasteiger partial charge in [-0.05, 0) is 96.7 Å². The van der Waals surface area contributed by atoms with Crippen molar-refractivity contribution in [3.8, 4) is 11.6 Å². The van der Waals surface area contributed by atoms with Gasteiger partial charge < -0.3 is 9.47 Å². The monoisotopic (exact) mass is 602 g/mol. The summed E-state index contributed by atoms with van der Waals surface area (Å²) in [7, 11) is 0. The molecule has 0 spiro atoms. The molecule has 3 aliphatic rings. The normalized spacial score (nSPS) is 19.3. The number of rotatable bonds is 10. The summed E-state index contributed by atoms with van der Waals surface area (Å²) in [6.45, 7) is 3.65. The highest BCUT2D eigenvalue weighted by Crippen LogP contribution is 2.44. The molecule has 10 heteroatoms.